The Balaban J connectivity index is 2.94. The van der Waals surface area contributed by atoms with Crippen molar-refractivity contribution in [1.82, 2.24) is 4.98 Å². The second-order valence-electron chi connectivity index (χ2n) is 1.84. The van der Waals surface area contributed by atoms with Gasteiger partial charge in [-0.25, -0.2) is 4.98 Å². The van der Waals surface area contributed by atoms with Gasteiger partial charge in [-0.1, -0.05) is 6.92 Å². The third-order valence-electron chi connectivity index (χ3n) is 1.20. The highest BCUT2D eigenvalue weighted by atomic mass is 19.1. The molecule has 1 heterocycles. The first kappa shape index (κ1) is 6.20. The molecule has 0 amide bonds. The maximum absolute atomic E-state index is 12.2. The van der Waals surface area contributed by atoms with Crippen LogP contribution >= 0.6 is 0 Å². The standard InChI is InChI=1S/C7H8FN/c1-2-6-3-4-9-7(8)5-6/h3-5H,2H2,1H3. The van der Waals surface area contributed by atoms with E-state index >= 15 is 0 Å². The lowest BCUT2D eigenvalue weighted by atomic mass is 10.2. The van der Waals surface area contributed by atoms with E-state index < -0.39 is 5.95 Å². The molecular formula is C7H8FN. The summed E-state index contributed by atoms with van der Waals surface area (Å²) >= 11 is 0. The highest BCUT2D eigenvalue weighted by Crippen LogP contribution is 1.99. The smallest absolute Gasteiger partial charge is 0.213 e. The van der Waals surface area contributed by atoms with E-state index in [1.54, 1.807) is 0 Å². The van der Waals surface area contributed by atoms with Crippen molar-refractivity contribution in [1.29, 1.82) is 0 Å². The van der Waals surface area contributed by atoms with Crippen LogP contribution in [-0.2, 0) is 6.42 Å². The molecule has 0 aliphatic heterocycles. The van der Waals surface area contributed by atoms with Gasteiger partial charge >= 0.3 is 0 Å². The summed E-state index contributed by atoms with van der Waals surface area (Å²) in [6, 6.07) is 3.25. The van der Waals surface area contributed by atoms with Crippen molar-refractivity contribution in [3.8, 4) is 0 Å². The first-order valence-electron chi connectivity index (χ1n) is 2.93. The number of aromatic nitrogens is 1. The number of nitrogens with zero attached hydrogens (tertiary/aromatic N) is 1. The number of hydrogen-bond donors (Lipinski definition) is 0. The Morgan fingerprint density at radius 3 is 2.89 bits per heavy atom. The molecule has 0 saturated carbocycles. The zero-order valence-corrected chi connectivity index (χ0v) is 5.26. The summed E-state index contributed by atoms with van der Waals surface area (Å²) in [5, 5.41) is 0. The Morgan fingerprint density at radius 2 is 2.44 bits per heavy atom. The van der Waals surface area contributed by atoms with Crippen molar-refractivity contribution < 1.29 is 4.39 Å². The molecule has 1 nitrogen and oxygen atoms in total. The van der Waals surface area contributed by atoms with Crippen molar-refractivity contribution in [3.05, 3.63) is 29.8 Å². The maximum Gasteiger partial charge on any atom is 0.213 e. The number of rotatable bonds is 1. The quantitative estimate of drug-likeness (QED) is 0.521. The summed E-state index contributed by atoms with van der Waals surface area (Å²) in [6.45, 7) is 1.98. The van der Waals surface area contributed by atoms with Crippen LogP contribution in [-0.4, -0.2) is 4.98 Å². The first-order chi connectivity index (χ1) is 4.33. The van der Waals surface area contributed by atoms with Gasteiger partial charge < -0.3 is 0 Å². The van der Waals surface area contributed by atoms with Crippen LogP contribution in [0.25, 0.3) is 0 Å². The van der Waals surface area contributed by atoms with E-state index in [0.717, 1.165) is 12.0 Å². The fourth-order valence-electron chi connectivity index (χ4n) is 0.662. The van der Waals surface area contributed by atoms with E-state index in [9.17, 15) is 4.39 Å². The average molecular weight is 125 g/mol. The molecule has 1 aromatic rings. The molecule has 1 aromatic heterocycles. The molecule has 1 rings (SSSR count). The molecule has 9 heavy (non-hydrogen) atoms. The van der Waals surface area contributed by atoms with Crippen LogP contribution in [0.5, 0.6) is 0 Å². The van der Waals surface area contributed by atoms with Crippen molar-refractivity contribution in [2.45, 2.75) is 13.3 Å². The molecule has 0 atom stereocenters. The highest BCUT2D eigenvalue weighted by molar-refractivity contribution is 5.09. The van der Waals surface area contributed by atoms with Crippen molar-refractivity contribution in [2.75, 3.05) is 0 Å². The lowest BCUT2D eigenvalue weighted by Crippen LogP contribution is -1.84. The lowest BCUT2D eigenvalue weighted by molar-refractivity contribution is 0.581. The number of hydrogen-bond acceptors (Lipinski definition) is 1. The topological polar surface area (TPSA) is 12.9 Å². The van der Waals surface area contributed by atoms with Crippen molar-refractivity contribution in [3.63, 3.8) is 0 Å². The second-order valence-corrected chi connectivity index (χ2v) is 1.84. The number of pyridine rings is 1. The Labute approximate surface area is 53.5 Å². The lowest BCUT2D eigenvalue weighted by Gasteiger charge is -1.91. The molecule has 0 radical (unpaired) electrons. The summed E-state index contributed by atoms with van der Waals surface area (Å²) in [4.78, 5) is 3.42. The van der Waals surface area contributed by atoms with Crippen LogP contribution in [0.1, 0.15) is 12.5 Å². The molecule has 0 saturated heterocycles. The van der Waals surface area contributed by atoms with Gasteiger partial charge in [-0.3, -0.25) is 0 Å². The van der Waals surface area contributed by atoms with Gasteiger partial charge in [0.2, 0.25) is 5.95 Å². The minimum Gasteiger partial charge on any atom is -0.228 e. The maximum atomic E-state index is 12.2. The Morgan fingerprint density at radius 1 is 1.67 bits per heavy atom. The van der Waals surface area contributed by atoms with Gasteiger partial charge in [-0.2, -0.15) is 4.39 Å². The van der Waals surface area contributed by atoms with Crippen LogP contribution in [0.4, 0.5) is 4.39 Å². The van der Waals surface area contributed by atoms with Gasteiger partial charge in [0.25, 0.3) is 0 Å². The minimum atomic E-state index is -0.394. The Kier molecular flexibility index (Phi) is 1.78. The summed E-state index contributed by atoms with van der Waals surface area (Å²) in [6.07, 6.45) is 2.34. The fraction of sp³-hybridized carbons (Fsp3) is 0.286. The van der Waals surface area contributed by atoms with Crippen molar-refractivity contribution in [2.24, 2.45) is 0 Å². The molecule has 0 N–H and O–H groups in total. The van der Waals surface area contributed by atoms with E-state index in [0.29, 0.717) is 0 Å². The summed E-state index contributed by atoms with van der Waals surface area (Å²) in [5.41, 5.74) is 0.988. The Bertz CT molecular complexity index is 198. The van der Waals surface area contributed by atoms with Gasteiger partial charge in [-0.15, -0.1) is 0 Å². The van der Waals surface area contributed by atoms with Crippen LogP contribution in [0, 0.1) is 5.95 Å². The largest absolute Gasteiger partial charge is 0.228 e. The van der Waals surface area contributed by atoms with Gasteiger partial charge in [-0.05, 0) is 24.1 Å². The molecule has 0 unspecified atom stereocenters. The summed E-state index contributed by atoms with van der Waals surface area (Å²) in [5.74, 6) is -0.394. The van der Waals surface area contributed by atoms with E-state index in [2.05, 4.69) is 4.98 Å². The first-order valence-corrected chi connectivity index (χ1v) is 2.93. The minimum absolute atomic E-state index is 0.394. The highest BCUT2D eigenvalue weighted by Gasteiger charge is 1.90. The molecule has 0 fully saturated rings. The van der Waals surface area contributed by atoms with E-state index in [1.807, 2.05) is 13.0 Å². The van der Waals surface area contributed by atoms with Crippen LogP contribution in [0.3, 0.4) is 0 Å². The fourth-order valence-corrected chi connectivity index (χ4v) is 0.662. The predicted octanol–water partition coefficient (Wildman–Crippen LogP) is 1.78. The second kappa shape index (κ2) is 2.58. The SMILES string of the molecule is CCc1ccnc(F)c1. The molecule has 2 heteroatoms. The van der Waals surface area contributed by atoms with E-state index in [-0.39, 0.29) is 0 Å². The van der Waals surface area contributed by atoms with Crippen LogP contribution in [0.2, 0.25) is 0 Å². The van der Waals surface area contributed by atoms with Gasteiger partial charge in [0.15, 0.2) is 0 Å². The predicted molar refractivity (Wildman–Crippen MR) is 33.6 cm³/mol. The van der Waals surface area contributed by atoms with Gasteiger partial charge in [0.1, 0.15) is 0 Å². The third kappa shape index (κ3) is 1.49. The van der Waals surface area contributed by atoms with Crippen LogP contribution < -0.4 is 0 Å². The zero-order valence-electron chi connectivity index (χ0n) is 5.26. The van der Waals surface area contributed by atoms with Crippen LogP contribution in [0.15, 0.2) is 18.3 Å². The Hall–Kier alpha value is -0.920. The molecule has 0 aromatic carbocycles. The van der Waals surface area contributed by atoms with Gasteiger partial charge in [0.05, 0.1) is 0 Å². The number of aryl methyl sites for hydroxylation is 1. The van der Waals surface area contributed by atoms with E-state index in [4.69, 9.17) is 0 Å². The monoisotopic (exact) mass is 125 g/mol. The normalized spacial score (nSPS) is 9.56. The molecule has 0 aliphatic rings. The average Bonchev–Trinajstić information content (AvgIpc) is 1.88. The van der Waals surface area contributed by atoms with Crippen molar-refractivity contribution >= 4 is 0 Å². The van der Waals surface area contributed by atoms with E-state index in [1.165, 1.54) is 12.3 Å². The summed E-state index contributed by atoms with van der Waals surface area (Å²) in [7, 11) is 0. The summed E-state index contributed by atoms with van der Waals surface area (Å²) < 4.78 is 12.2. The molecule has 48 valence electrons. The number of halogens is 1. The molecule has 0 bridgehead atoms. The third-order valence-corrected chi connectivity index (χ3v) is 1.20. The molecule has 0 aliphatic carbocycles. The zero-order chi connectivity index (χ0) is 6.69. The molecular weight excluding hydrogens is 117 g/mol. The van der Waals surface area contributed by atoms with Gasteiger partial charge in [0, 0.05) is 6.20 Å². The molecule has 0 spiro atoms.